The molecule has 0 atom stereocenters. The summed E-state index contributed by atoms with van der Waals surface area (Å²) in [6.07, 6.45) is -5.28. The fourth-order valence-electron chi connectivity index (χ4n) is 0.504. The topological polar surface area (TPSA) is 18.5 Å². The van der Waals surface area contributed by atoms with Crippen molar-refractivity contribution in [3.8, 4) is 0 Å². The first kappa shape index (κ1) is 9.75. The fourth-order valence-corrected chi connectivity index (χ4v) is 0.504. The van der Waals surface area contributed by atoms with Crippen LogP contribution >= 0.6 is 0 Å². The largest absolute Gasteiger partial charge is 0.456 e. The zero-order chi connectivity index (χ0) is 10.2. The van der Waals surface area contributed by atoms with Gasteiger partial charge in [-0.1, -0.05) is 0 Å². The number of hydrogen-bond acceptors (Lipinski definition) is 2. The Morgan fingerprint density at radius 3 is 1.69 bits per heavy atom. The Labute approximate surface area is 67.0 Å². The summed E-state index contributed by atoms with van der Waals surface area (Å²) in [4.78, 5) is 0. The van der Waals surface area contributed by atoms with Crippen molar-refractivity contribution in [1.82, 2.24) is 0 Å². The quantitative estimate of drug-likeness (QED) is 0.567. The van der Waals surface area contributed by atoms with E-state index in [1.165, 1.54) is 0 Å². The van der Waals surface area contributed by atoms with E-state index in [9.17, 15) is 26.3 Å². The molecular weight excluding hydrogens is 206 g/mol. The molecule has 1 aliphatic heterocycles. The average Bonchev–Trinajstić information content (AvgIpc) is 1.94. The van der Waals surface area contributed by atoms with Crippen LogP contribution in [0.25, 0.3) is 0 Å². The van der Waals surface area contributed by atoms with Gasteiger partial charge < -0.3 is 9.47 Å². The van der Waals surface area contributed by atoms with Gasteiger partial charge in [0.2, 0.25) is 0 Å². The zero-order valence-corrected chi connectivity index (χ0v) is 5.58. The molecule has 0 N–H and O–H groups in total. The van der Waals surface area contributed by atoms with Gasteiger partial charge in [-0.25, -0.2) is 0 Å². The maximum absolute atomic E-state index is 12.1. The summed E-state index contributed by atoms with van der Waals surface area (Å²) in [7, 11) is 0. The summed E-state index contributed by atoms with van der Waals surface area (Å²) in [6, 6.07) is -6.83. The molecule has 0 spiro atoms. The Bertz CT molecular complexity index is 288. The van der Waals surface area contributed by atoms with Gasteiger partial charge in [-0.15, -0.1) is 0 Å². The molecule has 0 amide bonds. The van der Waals surface area contributed by atoms with Crippen molar-refractivity contribution < 1.29 is 35.8 Å². The van der Waals surface area contributed by atoms with Crippen LogP contribution in [0.2, 0.25) is 0 Å². The molecule has 0 fully saturated rings. The van der Waals surface area contributed by atoms with Crippen LogP contribution in [0.5, 0.6) is 0 Å². The molecular formula is C5F6O2. The molecule has 0 aromatic carbocycles. The van der Waals surface area contributed by atoms with E-state index in [-0.39, 0.29) is 0 Å². The van der Waals surface area contributed by atoms with Gasteiger partial charge in [-0.05, 0) is 0 Å². The van der Waals surface area contributed by atoms with Crippen LogP contribution in [0.15, 0.2) is 23.8 Å². The average molecular weight is 206 g/mol. The first-order valence-electron chi connectivity index (χ1n) is 2.70. The highest BCUT2D eigenvalue weighted by Crippen LogP contribution is 2.37. The number of hydrogen-bond donors (Lipinski definition) is 0. The second-order valence-corrected chi connectivity index (χ2v) is 1.85. The van der Waals surface area contributed by atoms with Crippen LogP contribution in [0.4, 0.5) is 26.3 Å². The van der Waals surface area contributed by atoms with Crippen molar-refractivity contribution in [2.24, 2.45) is 0 Å². The van der Waals surface area contributed by atoms with Gasteiger partial charge in [0.25, 0.3) is 5.76 Å². The van der Waals surface area contributed by atoms with E-state index < -0.39 is 30.0 Å². The van der Waals surface area contributed by atoms with Crippen molar-refractivity contribution >= 4 is 0 Å². The number of halogens is 6. The normalized spacial score (nSPS) is 18.6. The van der Waals surface area contributed by atoms with Crippen molar-refractivity contribution in [3.63, 3.8) is 0 Å². The van der Waals surface area contributed by atoms with Gasteiger partial charge in [0.15, 0.2) is 0 Å². The van der Waals surface area contributed by atoms with Crippen LogP contribution in [0.1, 0.15) is 0 Å². The Morgan fingerprint density at radius 2 is 1.23 bits per heavy atom. The molecule has 1 aliphatic rings. The third kappa shape index (κ3) is 1.87. The minimum atomic E-state index is -5.28. The lowest BCUT2D eigenvalue weighted by Crippen LogP contribution is -2.19. The molecule has 2 nitrogen and oxygen atoms in total. The van der Waals surface area contributed by atoms with E-state index in [0.29, 0.717) is 0 Å². The SMILES string of the molecule is FC1=C(F)OC(C(F)(F)F)=C(F)O1. The monoisotopic (exact) mass is 206 g/mol. The molecule has 0 aromatic heterocycles. The van der Waals surface area contributed by atoms with E-state index in [0.717, 1.165) is 0 Å². The maximum atomic E-state index is 12.1. The summed E-state index contributed by atoms with van der Waals surface area (Å²) in [6.45, 7) is 0. The Hall–Kier alpha value is -1.34. The molecule has 0 radical (unpaired) electrons. The third-order valence-corrected chi connectivity index (χ3v) is 0.961. The molecule has 74 valence electrons. The maximum Gasteiger partial charge on any atom is 0.456 e. The first-order valence-corrected chi connectivity index (χ1v) is 2.70. The lowest BCUT2D eigenvalue weighted by molar-refractivity contribution is -0.144. The van der Waals surface area contributed by atoms with Crippen LogP contribution in [-0.4, -0.2) is 6.18 Å². The summed E-state index contributed by atoms with van der Waals surface area (Å²) < 4.78 is 77.4. The predicted octanol–water partition coefficient (Wildman–Crippen LogP) is 2.80. The number of ether oxygens (including phenoxy) is 2. The van der Waals surface area contributed by atoms with E-state index in [2.05, 4.69) is 9.47 Å². The van der Waals surface area contributed by atoms with Crippen molar-refractivity contribution in [2.75, 3.05) is 0 Å². The Morgan fingerprint density at radius 1 is 0.769 bits per heavy atom. The minimum Gasteiger partial charge on any atom is -0.415 e. The van der Waals surface area contributed by atoms with Gasteiger partial charge >= 0.3 is 24.2 Å². The number of allylic oxidation sites excluding steroid dienone is 1. The van der Waals surface area contributed by atoms with Crippen LogP contribution < -0.4 is 0 Å². The third-order valence-electron chi connectivity index (χ3n) is 0.961. The molecule has 0 aromatic rings. The first-order chi connectivity index (χ1) is 5.82. The second kappa shape index (κ2) is 2.86. The molecule has 13 heavy (non-hydrogen) atoms. The molecule has 0 bridgehead atoms. The van der Waals surface area contributed by atoms with Crippen molar-refractivity contribution in [1.29, 1.82) is 0 Å². The zero-order valence-electron chi connectivity index (χ0n) is 5.58. The second-order valence-electron chi connectivity index (χ2n) is 1.85. The molecule has 0 saturated heterocycles. The highest BCUT2D eigenvalue weighted by molar-refractivity contribution is 5.10. The Balaban J connectivity index is 2.96. The highest BCUT2D eigenvalue weighted by atomic mass is 19.4. The molecule has 8 heteroatoms. The van der Waals surface area contributed by atoms with Crippen molar-refractivity contribution in [2.45, 2.75) is 6.18 Å². The molecule has 0 aliphatic carbocycles. The van der Waals surface area contributed by atoms with Gasteiger partial charge in [-0.2, -0.15) is 26.3 Å². The van der Waals surface area contributed by atoms with Gasteiger partial charge in [-0.3, -0.25) is 0 Å². The summed E-state index contributed by atoms with van der Waals surface area (Å²) in [5.41, 5.74) is 0. The smallest absolute Gasteiger partial charge is 0.415 e. The van der Waals surface area contributed by atoms with E-state index in [4.69, 9.17) is 0 Å². The van der Waals surface area contributed by atoms with Crippen LogP contribution in [-0.2, 0) is 9.47 Å². The van der Waals surface area contributed by atoms with Gasteiger partial charge in [0.1, 0.15) is 0 Å². The standard InChI is InChI=1S/C5F6O2/c6-2-1(5(9,10)11)12-3(7)4(8)13-2. The summed E-state index contributed by atoms with van der Waals surface area (Å²) in [5.74, 6) is -2.36. The van der Waals surface area contributed by atoms with E-state index in [1.807, 2.05) is 0 Å². The molecule has 0 saturated carbocycles. The van der Waals surface area contributed by atoms with Crippen LogP contribution in [0, 0.1) is 0 Å². The van der Waals surface area contributed by atoms with E-state index in [1.54, 1.807) is 0 Å². The molecule has 0 unspecified atom stereocenters. The molecule has 1 rings (SSSR count). The number of rotatable bonds is 0. The summed E-state index contributed by atoms with van der Waals surface area (Å²) in [5, 5.41) is 0. The Kier molecular flexibility index (Phi) is 2.14. The molecule has 1 heterocycles. The fraction of sp³-hybridized carbons (Fsp3) is 0.200. The highest BCUT2D eigenvalue weighted by Gasteiger charge is 2.45. The summed E-state index contributed by atoms with van der Waals surface area (Å²) >= 11 is 0. The van der Waals surface area contributed by atoms with Gasteiger partial charge in [0.05, 0.1) is 0 Å². The van der Waals surface area contributed by atoms with E-state index >= 15 is 0 Å². The number of alkyl halides is 3. The lowest BCUT2D eigenvalue weighted by atomic mass is 10.5. The predicted molar refractivity (Wildman–Crippen MR) is 25.6 cm³/mol. The van der Waals surface area contributed by atoms with Gasteiger partial charge in [0, 0.05) is 0 Å². The minimum absolute atomic E-state index is 2.19. The van der Waals surface area contributed by atoms with Crippen LogP contribution in [0.3, 0.4) is 0 Å². The van der Waals surface area contributed by atoms with Crippen molar-refractivity contribution in [3.05, 3.63) is 23.8 Å². The lowest BCUT2D eigenvalue weighted by Gasteiger charge is -2.15.